The lowest BCUT2D eigenvalue weighted by Crippen LogP contribution is -2.21. The molecule has 0 radical (unpaired) electrons. The number of amides is 2. The lowest BCUT2D eigenvalue weighted by molar-refractivity contribution is -0.118. The molecule has 2 amide bonds. The van der Waals surface area contributed by atoms with Crippen molar-refractivity contribution in [1.29, 1.82) is 5.26 Å². The van der Waals surface area contributed by atoms with Crippen molar-refractivity contribution < 1.29 is 9.59 Å². The van der Waals surface area contributed by atoms with Crippen molar-refractivity contribution in [1.82, 2.24) is 0 Å². The molecule has 0 heterocycles. The van der Waals surface area contributed by atoms with Crippen molar-refractivity contribution >= 4 is 23.2 Å². The molecule has 0 bridgehead atoms. The Labute approximate surface area is 112 Å². The van der Waals surface area contributed by atoms with E-state index in [0.717, 1.165) is 6.42 Å². The number of nitrogens with zero attached hydrogens (tertiary/aromatic N) is 1. The molecule has 0 aromatic heterocycles. The number of carbonyl (C=O) groups excluding carboxylic acids is 2. The van der Waals surface area contributed by atoms with E-state index >= 15 is 0 Å². The summed E-state index contributed by atoms with van der Waals surface area (Å²) in [4.78, 5) is 22.7. The summed E-state index contributed by atoms with van der Waals surface area (Å²) in [6, 6.07) is 8.74. The fourth-order valence-corrected chi connectivity index (χ4v) is 1.61. The number of hydrogen-bond donors (Lipinski definition) is 2. The number of nitrogens with one attached hydrogen (secondary N) is 2. The van der Waals surface area contributed by atoms with Crippen LogP contribution in [-0.4, -0.2) is 11.8 Å². The first-order valence-corrected chi connectivity index (χ1v) is 6.15. The molecular weight excluding hydrogens is 242 g/mol. The van der Waals surface area contributed by atoms with Crippen LogP contribution in [0.1, 0.15) is 26.7 Å². The Bertz CT molecular complexity index is 488. The van der Waals surface area contributed by atoms with Crippen LogP contribution in [0.2, 0.25) is 0 Å². The summed E-state index contributed by atoms with van der Waals surface area (Å²) in [5, 5.41) is 14.2. The van der Waals surface area contributed by atoms with Gasteiger partial charge in [0.2, 0.25) is 11.8 Å². The van der Waals surface area contributed by atoms with E-state index in [1.807, 2.05) is 13.0 Å². The molecule has 2 N–H and O–H groups in total. The van der Waals surface area contributed by atoms with Crippen LogP contribution >= 0.6 is 0 Å². The topological polar surface area (TPSA) is 82.0 Å². The summed E-state index contributed by atoms with van der Waals surface area (Å²) >= 11 is 0. The Morgan fingerprint density at radius 3 is 2.16 bits per heavy atom. The normalized spacial score (nSPS) is 11.2. The first-order chi connectivity index (χ1) is 9.06. The molecule has 1 aromatic carbocycles. The predicted molar refractivity (Wildman–Crippen MR) is 73.4 cm³/mol. The molecule has 0 fully saturated rings. The molecule has 1 aromatic rings. The molecule has 0 aliphatic carbocycles. The highest BCUT2D eigenvalue weighted by molar-refractivity contribution is 5.94. The van der Waals surface area contributed by atoms with Crippen molar-refractivity contribution in [3.8, 4) is 6.07 Å². The van der Waals surface area contributed by atoms with Crippen LogP contribution in [0.4, 0.5) is 11.4 Å². The van der Waals surface area contributed by atoms with Crippen molar-refractivity contribution in [2.24, 2.45) is 5.92 Å². The number of benzene rings is 1. The Morgan fingerprint density at radius 1 is 1.21 bits per heavy atom. The molecule has 0 aliphatic rings. The summed E-state index contributed by atoms with van der Waals surface area (Å²) in [5.41, 5.74) is 1.27. The zero-order valence-electron chi connectivity index (χ0n) is 11.1. The van der Waals surface area contributed by atoms with E-state index < -0.39 is 5.92 Å². The molecule has 5 heteroatoms. The van der Waals surface area contributed by atoms with Crippen LogP contribution in [0.3, 0.4) is 0 Å². The standard InChI is InChI=1S/C14H17N3O2/c1-3-4-11(9-15)14(19)17-13-7-5-12(6-8-13)16-10(2)18/h5-8,11H,3-4H2,1-2H3,(H,16,18)(H,17,19). The second kappa shape index (κ2) is 7.17. The summed E-state index contributed by atoms with van der Waals surface area (Å²) in [7, 11) is 0. The van der Waals surface area contributed by atoms with Gasteiger partial charge in [0.25, 0.3) is 0 Å². The molecule has 5 nitrogen and oxygen atoms in total. The van der Waals surface area contributed by atoms with Gasteiger partial charge in [-0.25, -0.2) is 0 Å². The smallest absolute Gasteiger partial charge is 0.241 e. The van der Waals surface area contributed by atoms with E-state index in [1.165, 1.54) is 6.92 Å². The molecule has 0 aliphatic heterocycles. The molecule has 0 saturated carbocycles. The van der Waals surface area contributed by atoms with Gasteiger partial charge in [0.15, 0.2) is 0 Å². The number of nitriles is 1. The third-order valence-corrected chi connectivity index (χ3v) is 2.52. The van der Waals surface area contributed by atoms with Gasteiger partial charge in [0.05, 0.1) is 6.07 Å². The highest BCUT2D eigenvalue weighted by Gasteiger charge is 2.16. The zero-order valence-corrected chi connectivity index (χ0v) is 11.1. The van der Waals surface area contributed by atoms with Gasteiger partial charge in [0.1, 0.15) is 5.92 Å². The van der Waals surface area contributed by atoms with Gasteiger partial charge in [-0.1, -0.05) is 13.3 Å². The number of rotatable bonds is 5. The largest absolute Gasteiger partial charge is 0.326 e. The highest BCUT2D eigenvalue weighted by Crippen LogP contribution is 2.15. The minimum atomic E-state index is -0.625. The first kappa shape index (κ1) is 14.7. The molecule has 0 saturated heterocycles. The second-order valence-corrected chi connectivity index (χ2v) is 4.22. The maximum absolute atomic E-state index is 11.8. The molecular formula is C14H17N3O2. The first-order valence-electron chi connectivity index (χ1n) is 6.15. The van der Waals surface area contributed by atoms with Gasteiger partial charge in [-0.3, -0.25) is 9.59 Å². The molecule has 1 unspecified atom stereocenters. The van der Waals surface area contributed by atoms with Gasteiger partial charge in [-0.05, 0) is 30.7 Å². The Balaban J connectivity index is 2.65. The van der Waals surface area contributed by atoms with E-state index in [2.05, 4.69) is 10.6 Å². The van der Waals surface area contributed by atoms with Crippen LogP contribution in [0, 0.1) is 17.2 Å². The second-order valence-electron chi connectivity index (χ2n) is 4.22. The molecule has 0 spiro atoms. The van der Waals surface area contributed by atoms with Crippen molar-refractivity contribution in [3.63, 3.8) is 0 Å². The van der Waals surface area contributed by atoms with Crippen LogP contribution in [-0.2, 0) is 9.59 Å². The number of carbonyl (C=O) groups is 2. The maximum Gasteiger partial charge on any atom is 0.241 e. The zero-order chi connectivity index (χ0) is 14.3. The highest BCUT2D eigenvalue weighted by atomic mass is 16.2. The van der Waals surface area contributed by atoms with Gasteiger partial charge in [-0.2, -0.15) is 5.26 Å². The third kappa shape index (κ3) is 4.80. The van der Waals surface area contributed by atoms with E-state index in [-0.39, 0.29) is 11.8 Å². The number of hydrogen-bond acceptors (Lipinski definition) is 3. The fourth-order valence-electron chi connectivity index (χ4n) is 1.61. The quantitative estimate of drug-likeness (QED) is 0.852. The summed E-state index contributed by atoms with van der Waals surface area (Å²) in [6.07, 6.45) is 1.33. The summed E-state index contributed by atoms with van der Waals surface area (Å²) in [6.45, 7) is 3.36. The van der Waals surface area contributed by atoms with Crippen LogP contribution in [0.15, 0.2) is 24.3 Å². The van der Waals surface area contributed by atoms with Gasteiger partial charge < -0.3 is 10.6 Å². The SMILES string of the molecule is CCCC(C#N)C(=O)Nc1ccc(NC(C)=O)cc1. The van der Waals surface area contributed by atoms with Crippen LogP contribution < -0.4 is 10.6 Å². The average Bonchev–Trinajstić information content (AvgIpc) is 2.37. The molecule has 100 valence electrons. The van der Waals surface area contributed by atoms with E-state index in [1.54, 1.807) is 24.3 Å². The van der Waals surface area contributed by atoms with E-state index in [4.69, 9.17) is 5.26 Å². The summed E-state index contributed by atoms with van der Waals surface area (Å²) < 4.78 is 0. The van der Waals surface area contributed by atoms with Gasteiger partial charge in [-0.15, -0.1) is 0 Å². The average molecular weight is 259 g/mol. The molecule has 19 heavy (non-hydrogen) atoms. The number of anilines is 2. The van der Waals surface area contributed by atoms with E-state index in [9.17, 15) is 9.59 Å². The third-order valence-electron chi connectivity index (χ3n) is 2.52. The Hall–Kier alpha value is -2.35. The van der Waals surface area contributed by atoms with Gasteiger partial charge >= 0.3 is 0 Å². The Kier molecular flexibility index (Phi) is 5.55. The molecule has 1 rings (SSSR count). The maximum atomic E-state index is 11.8. The summed E-state index contributed by atoms with van der Waals surface area (Å²) in [5.74, 6) is -1.07. The van der Waals surface area contributed by atoms with Crippen LogP contribution in [0.25, 0.3) is 0 Å². The fraction of sp³-hybridized carbons (Fsp3) is 0.357. The minimum Gasteiger partial charge on any atom is -0.326 e. The minimum absolute atomic E-state index is 0.149. The predicted octanol–water partition coefficient (Wildman–Crippen LogP) is 2.52. The lowest BCUT2D eigenvalue weighted by atomic mass is 10.0. The van der Waals surface area contributed by atoms with Gasteiger partial charge in [0, 0.05) is 18.3 Å². The van der Waals surface area contributed by atoms with Crippen molar-refractivity contribution in [2.75, 3.05) is 10.6 Å². The Morgan fingerprint density at radius 2 is 1.74 bits per heavy atom. The van der Waals surface area contributed by atoms with Crippen molar-refractivity contribution in [3.05, 3.63) is 24.3 Å². The molecule has 1 atom stereocenters. The monoisotopic (exact) mass is 259 g/mol. The van der Waals surface area contributed by atoms with Crippen molar-refractivity contribution in [2.45, 2.75) is 26.7 Å². The van der Waals surface area contributed by atoms with Crippen LogP contribution in [0.5, 0.6) is 0 Å². The van der Waals surface area contributed by atoms with E-state index in [0.29, 0.717) is 17.8 Å². The lowest BCUT2D eigenvalue weighted by Gasteiger charge is -2.10.